The van der Waals surface area contributed by atoms with E-state index in [1.54, 1.807) is 6.20 Å². The van der Waals surface area contributed by atoms with Crippen LogP contribution in [0.1, 0.15) is 33.4 Å². The fourth-order valence-electron chi connectivity index (χ4n) is 2.95. The summed E-state index contributed by atoms with van der Waals surface area (Å²) in [6, 6.07) is 1.89. The van der Waals surface area contributed by atoms with E-state index >= 15 is 0 Å². The van der Waals surface area contributed by atoms with Gasteiger partial charge in [-0.25, -0.2) is 15.0 Å². The Hall–Kier alpha value is -2.38. The van der Waals surface area contributed by atoms with Crippen LogP contribution in [0.5, 0.6) is 0 Å². The van der Waals surface area contributed by atoms with Crippen LogP contribution in [0, 0.1) is 11.8 Å². The minimum atomic E-state index is -4.39. The van der Waals surface area contributed by atoms with Crippen LogP contribution in [0.3, 0.4) is 0 Å². The quantitative estimate of drug-likeness (QED) is 0.856. The van der Waals surface area contributed by atoms with Crippen LogP contribution in [0.4, 0.5) is 19.0 Å². The molecule has 2 N–H and O–H groups in total. The van der Waals surface area contributed by atoms with Crippen molar-refractivity contribution >= 4 is 11.7 Å². The van der Waals surface area contributed by atoms with Crippen LogP contribution >= 0.6 is 0 Å². The molecule has 2 atom stereocenters. The highest BCUT2D eigenvalue weighted by molar-refractivity contribution is 5.92. The van der Waals surface area contributed by atoms with Crippen LogP contribution in [0.15, 0.2) is 40.9 Å². The first-order valence-electron chi connectivity index (χ1n) is 8.45. The molecule has 0 bridgehead atoms. The van der Waals surface area contributed by atoms with Gasteiger partial charge in [0.25, 0.3) is 0 Å². The van der Waals surface area contributed by atoms with Crippen LogP contribution in [-0.2, 0) is 5.41 Å². The largest absolute Gasteiger partial charge is 0.430 e. The van der Waals surface area contributed by atoms with Gasteiger partial charge < -0.3 is 10.6 Å². The standard InChI is InChI=1S/C18H22F3N5/c1-10-11(7-22-15-6-13(17(2,3)4)24-9-25-15)8-23-16-12(10)5-14(26-16)18(19,20)21/h5-6,8-10,12H,7H2,1-4H3,(H,23,26)(H,22,24,25). The molecule has 1 aromatic rings. The number of amidine groups is 1. The first-order chi connectivity index (χ1) is 12.1. The summed E-state index contributed by atoms with van der Waals surface area (Å²) in [6.07, 6.45) is -0.0200. The molecule has 0 aromatic carbocycles. The van der Waals surface area contributed by atoms with Gasteiger partial charge in [-0.05, 0) is 17.6 Å². The van der Waals surface area contributed by atoms with Crippen molar-refractivity contribution in [3.05, 3.63) is 41.6 Å². The molecule has 3 heterocycles. The lowest BCUT2D eigenvalue weighted by Gasteiger charge is -2.25. The summed E-state index contributed by atoms with van der Waals surface area (Å²) >= 11 is 0. The third-order valence-electron chi connectivity index (χ3n) is 4.63. The minimum absolute atomic E-state index is 0.0914. The Balaban J connectivity index is 1.70. The molecule has 0 saturated carbocycles. The van der Waals surface area contributed by atoms with Gasteiger partial charge in [-0.3, -0.25) is 0 Å². The lowest BCUT2D eigenvalue weighted by Crippen LogP contribution is -2.32. The lowest BCUT2D eigenvalue weighted by atomic mass is 9.86. The Morgan fingerprint density at radius 1 is 1.19 bits per heavy atom. The van der Waals surface area contributed by atoms with Crippen molar-refractivity contribution in [3.63, 3.8) is 0 Å². The molecule has 0 aliphatic carbocycles. The zero-order chi connectivity index (χ0) is 19.1. The molecule has 2 unspecified atom stereocenters. The van der Waals surface area contributed by atoms with Gasteiger partial charge in [-0.2, -0.15) is 13.2 Å². The first kappa shape index (κ1) is 18.4. The minimum Gasteiger partial charge on any atom is -0.366 e. The zero-order valence-electron chi connectivity index (χ0n) is 15.1. The summed E-state index contributed by atoms with van der Waals surface area (Å²) in [7, 11) is 0. The second-order valence-electron chi connectivity index (χ2n) is 7.63. The van der Waals surface area contributed by atoms with Crippen LogP contribution < -0.4 is 10.6 Å². The van der Waals surface area contributed by atoms with Crippen molar-refractivity contribution in [1.82, 2.24) is 15.3 Å². The lowest BCUT2D eigenvalue weighted by molar-refractivity contribution is -0.0945. The van der Waals surface area contributed by atoms with E-state index in [4.69, 9.17) is 0 Å². The van der Waals surface area contributed by atoms with E-state index in [0.29, 0.717) is 18.2 Å². The number of rotatable bonds is 3. The maximum Gasteiger partial charge on any atom is 0.430 e. The number of halogens is 3. The monoisotopic (exact) mass is 365 g/mol. The SMILES string of the molecule is CC1C(CNc2cc(C(C)(C)C)ncn2)=CN=C2NC(C(F)(F)F)=CC21. The third-order valence-corrected chi connectivity index (χ3v) is 4.63. The van der Waals surface area contributed by atoms with E-state index in [-0.39, 0.29) is 17.3 Å². The number of alkyl halides is 3. The van der Waals surface area contributed by atoms with Crippen LogP contribution in [-0.4, -0.2) is 28.5 Å². The highest BCUT2D eigenvalue weighted by atomic mass is 19.4. The van der Waals surface area contributed by atoms with Crippen molar-refractivity contribution < 1.29 is 13.2 Å². The van der Waals surface area contributed by atoms with Gasteiger partial charge >= 0.3 is 6.18 Å². The fourth-order valence-corrected chi connectivity index (χ4v) is 2.95. The molecule has 0 radical (unpaired) electrons. The van der Waals surface area contributed by atoms with E-state index < -0.39 is 11.9 Å². The second-order valence-corrected chi connectivity index (χ2v) is 7.63. The summed E-state index contributed by atoms with van der Waals surface area (Å²) in [4.78, 5) is 12.7. The average molecular weight is 365 g/mol. The van der Waals surface area contributed by atoms with Gasteiger partial charge in [0, 0.05) is 30.1 Å². The van der Waals surface area contributed by atoms with E-state index in [1.807, 2.05) is 13.0 Å². The Kier molecular flexibility index (Phi) is 4.54. The summed E-state index contributed by atoms with van der Waals surface area (Å²) in [5, 5.41) is 5.61. The van der Waals surface area contributed by atoms with Crippen molar-refractivity contribution in [1.29, 1.82) is 0 Å². The Bertz CT molecular complexity index is 787. The van der Waals surface area contributed by atoms with Crippen molar-refractivity contribution in [2.24, 2.45) is 16.8 Å². The maximum absolute atomic E-state index is 12.9. The van der Waals surface area contributed by atoms with Crippen LogP contribution in [0.25, 0.3) is 0 Å². The van der Waals surface area contributed by atoms with Crippen molar-refractivity contribution in [2.75, 3.05) is 11.9 Å². The average Bonchev–Trinajstić information content (AvgIpc) is 2.99. The number of nitrogens with zero attached hydrogens (tertiary/aromatic N) is 3. The fraction of sp³-hybridized carbons (Fsp3) is 0.500. The second kappa shape index (κ2) is 6.41. The summed E-state index contributed by atoms with van der Waals surface area (Å²) in [5.41, 5.74) is 1.01. The molecular formula is C18H22F3N5. The molecule has 3 rings (SSSR count). The number of aromatic nitrogens is 2. The summed E-state index contributed by atoms with van der Waals surface area (Å²) in [5.74, 6) is 0.560. The third kappa shape index (κ3) is 3.73. The van der Waals surface area contributed by atoms with E-state index in [2.05, 4.69) is 46.4 Å². The molecular weight excluding hydrogens is 343 g/mol. The van der Waals surface area contributed by atoms with Gasteiger partial charge in [0.15, 0.2) is 0 Å². The topological polar surface area (TPSA) is 62.2 Å². The molecule has 5 nitrogen and oxygen atoms in total. The molecule has 8 heteroatoms. The molecule has 0 spiro atoms. The number of hydrogen-bond acceptors (Lipinski definition) is 5. The molecule has 0 fully saturated rings. The molecule has 140 valence electrons. The number of anilines is 1. The molecule has 2 aliphatic rings. The number of nitrogens with one attached hydrogen (secondary N) is 2. The zero-order valence-corrected chi connectivity index (χ0v) is 15.1. The number of hydrogen-bond donors (Lipinski definition) is 2. The predicted octanol–water partition coefficient (Wildman–Crippen LogP) is 3.78. The predicted molar refractivity (Wildman–Crippen MR) is 94.7 cm³/mol. The molecule has 26 heavy (non-hydrogen) atoms. The smallest absolute Gasteiger partial charge is 0.366 e. The van der Waals surface area contributed by atoms with E-state index in [1.165, 1.54) is 12.4 Å². The Labute approximate surface area is 150 Å². The highest BCUT2D eigenvalue weighted by Crippen LogP contribution is 2.36. The van der Waals surface area contributed by atoms with Gasteiger partial charge in [0.1, 0.15) is 23.7 Å². The number of aliphatic imine (C=N–C) groups is 1. The normalized spacial score (nSPS) is 22.8. The van der Waals surface area contributed by atoms with Gasteiger partial charge in [0.05, 0.1) is 5.69 Å². The first-order valence-corrected chi connectivity index (χ1v) is 8.45. The summed E-state index contributed by atoms with van der Waals surface area (Å²) in [6.45, 7) is 8.57. The van der Waals surface area contributed by atoms with Gasteiger partial charge in [-0.1, -0.05) is 27.7 Å². The number of allylic oxidation sites excluding steroid dienone is 1. The van der Waals surface area contributed by atoms with E-state index in [0.717, 1.165) is 11.3 Å². The number of fused-ring (bicyclic) bond motifs is 1. The molecule has 1 aromatic heterocycles. The van der Waals surface area contributed by atoms with Crippen LogP contribution in [0.2, 0.25) is 0 Å². The molecule has 0 amide bonds. The molecule has 2 aliphatic heterocycles. The van der Waals surface area contributed by atoms with E-state index in [9.17, 15) is 13.2 Å². The van der Waals surface area contributed by atoms with Crippen molar-refractivity contribution in [2.45, 2.75) is 39.3 Å². The van der Waals surface area contributed by atoms with Gasteiger partial charge in [-0.15, -0.1) is 0 Å². The highest BCUT2D eigenvalue weighted by Gasteiger charge is 2.42. The van der Waals surface area contributed by atoms with Crippen molar-refractivity contribution in [3.8, 4) is 0 Å². The summed E-state index contributed by atoms with van der Waals surface area (Å²) < 4.78 is 38.7. The Morgan fingerprint density at radius 2 is 1.92 bits per heavy atom. The molecule has 0 saturated heterocycles. The van der Waals surface area contributed by atoms with Gasteiger partial charge in [0.2, 0.25) is 0 Å². The Morgan fingerprint density at radius 3 is 2.58 bits per heavy atom. The maximum atomic E-state index is 12.9.